The van der Waals surface area contributed by atoms with Gasteiger partial charge in [0.1, 0.15) is 11.4 Å². The molecule has 25 heteroatoms. The van der Waals surface area contributed by atoms with E-state index >= 15 is 0 Å². The van der Waals surface area contributed by atoms with Gasteiger partial charge in [-0.05, 0) is 84.9 Å². The van der Waals surface area contributed by atoms with Crippen LogP contribution in [0.15, 0.2) is 99.6 Å². The predicted molar refractivity (Wildman–Crippen MR) is 200 cm³/mol. The molecule has 9 N–H and O–H groups in total. The number of pyridine rings is 1. The number of rotatable bonds is 15. The molecule has 6 amide bonds. The highest BCUT2D eigenvalue weighted by Gasteiger charge is 2.23. The molecular weight excluding hydrogens is 813 g/mol. The van der Waals surface area contributed by atoms with E-state index in [4.69, 9.17) is 0 Å². The van der Waals surface area contributed by atoms with Gasteiger partial charge in [0, 0.05) is 43.4 Å². The molecule has 3 aromatic carbocycles. The summed E-state index contributed by atoms with van der Waals surface area (Å²) in [4.78, 5) is 81.5. The van der Waals surface area contributed by atoms with Gasteiger partial charge in [0.2, 0.25) is 17.7 Å². The molecule has 22 nitrogen and oxygen atoms in total. The lowest BCUT2D eigenvalue weighted by molar-refractivity contribution is -0.115. The molecule has 0 unspecified atom stereocenters. The second-order valence-electron chi connectivity index (χ2n) is 11.4. The Labute approximate surface area is 324 Å². The van der Waals surface area contributed by atoms with E-state index < -0.39 is 82.5 Å². The van der Waals surface area contributed by atoms with Crippen LogP contribution in [0.3, 0.4) is 0 Å². The van der Waals surface area contributed by atoms with Gasteiger partial charge >= 0.3 is 0 Å². The van der Waals surface area contributed by atoms with Crippen molar-refractivity contribution in [2.75, 3.05) is 16.0 Å². The van der Waals surface area contributed by atoms with Crippen LogP contribution in [0.4, 0.5) is 17.1 Å². The number of nitrogens with zero attached hydrogens (tertiary/aromatic N) is 1. The molecule has 0 aliphatic rings. The van der Waals surface area contributed by atoms with Gasteiger partial charge in [0.05, 0.1) is 14.7 Å². The fourth-order valence-electron chi connectivity index (χ4n) is 4.37. The number of benzene rings is 3. The Kier molecular flexibility index (Phi) is 13.5. The normalized spacial score (nSPS) is 11.4. The van der Waals surface area contributed by atoms with E-state index in [0.29, 0.717) is 0 Å². The Bertz CT molecular complexity index is 2270. The second kappa shape index (κ2) is 17.9. The van der Waals surface area contributed by atoms with Crippen molar-refractivity contribution < 1.29 is 54.0 Å². The number of carbonyl (C=O) groups excluding carboxylic acids is 6. The van der Waals surface area contributed by atoms with Crippen LogP contribution in [0, 0.1) is 0 Å². The largest absolute Gasteiger partial charge is 0.326 e. The Morgan fingerprint density at radius 2 is 0.684 bits per heavy atom. The van der Waals surface area contributed by atoms with Crippen LogP contribution in [-0.4, -0.2) is 65.7 Å². The van der Waals surface area contributed by atoms with Gasteiger partial charge < -0.3 is 16.0 Å². The zero-order valence-electron chi connectivity index (χ0n) is 29.7. The molecular formula is C32H32N10O12S3. The third-order valence-electron chi connectivity index (χ3n) is 6.90. The zero-order valence-corrected chi connectivity index (χ0v) is 32.1. The summed E-state index contributed by atoms with van der Waals surface area (Å²) in [5, 5.41) is 7.36. The third-order valence-corrected chi connectivity index (χ3v) is 10.7. The van der Waals surface area contributed by atoms with Crippen molar-refractivity contribution in [3.05, 3.63) is 102 Å². The van der Waals surface area contributed by atoms with Crippen LogP contribution >= 0.6 is 0 Å². The number of anilines is 3. The maximum atomic E-state index is 13.2. The molecule has 0 aliphatic heterocycles. The molecule has 0 spiro atoms. The topological polar surface area (TPSA) is 326 Å². The van der Waals surface area contributed by atoms with Gasteiger partial charge in [-0.3, -0.25) is 45.0 Å². The standard InChI is InChI=1S/C32H32N10O12S3/c1-18(43)33-22-4-10-25(11-5-22)55(49,50)40-37-30(46)21-16-28(31(47)38-41-56(51,52)26-12-6-23(7-13-26)34-19(2)44)36-29(17-21)32(48)39-42-57(53,54)27-14-8-24(9-15-27)35-20(3)45/h4-17,40-42H,1-3H3,(H,33,43)(H,34,44)(H,35,45)(H,37,46)(H,38,47)(H,39,48). The molecule has 57 heavy (non-hydrogen) atoms. The summed E-state index contributed by atoms with van der Waals surface area (Å²) in [6.45, 7) is 3.73. The van der Waals surface area contributed by atoms with Gasteiger partial charge in [-0.25, -0.2) is 30.2 Å². The summed E-state index contributed by atoms with van der Waals surface area (Å²) in [6.07, 6.45) is 0. The lowest BCUT2D eigenvalue weighted by Crippen LogP contribution is -2.44. The van der Waals surface area contributed by atoms with Crippen molar-refractivity contribution in [1.82, 2.24) is 35.8 Å². The molecule has 0 saturated heterocycles. The molecule has 0 radical (unpaired) electrons. The highest BCUT2D eigenvalue weighted by atomic mass is 32.2. The summed E-state index contributed by atoms with van der Waals surface area (Å²) in [7, 11) is -13.4. The first kappa shape index (κ1) is 43.1. The monoisotopic (exact) mass is 844 g/mol. The number of nitrogens with one attached hydrogen (secondary N) is 9. The zero-order chi connectivity index (χ0) is 42.1. The number of hydrogen-bond donors (Lipinski definition) is 9. The molecule has 0 atom stereocenters. The van der Waals surface area contributed by atoms with Gasteiger partial charge in [0.25, 0.3) is 47.8 Å². The number of aromatic nitrogens is 1. The number of carbonyl (C=O) groups is 6. The minimum Gasteiger partial charge on any atom is -0.326 e. The third kappa shape index (κ3) is 12.2. The molecule has 1 heterocycles. The van der Waals surface area contributed by atoms with Crippen molar-refractivity contribution in [1.29, 1.82) is 0 Å². The Morgan fingerprint density at radius 1 is 0.421 bits per heavy atom. The molecule has 0 bridgehead atoms. The van der Waals surface area contributed by atoms with Crippen LogP contribution in [0.5, 0.6) is 0 Å². The lowest BCUT2D eigenvalue weighted by Gasteiger charge is -2.13. The molecule has 0 saturated carbocycles. The predicted octanol–water partition coefficient (Wildman–Crippen LogP) is -0.173. The summed E-state index contributed by atoms with van der Waals surface area (Å²) >= 11 is 0. The Morgan fingerprint density at radius 3 is 0.947 bits per heavy atom. The van der Waals surface area contributed by atoms with E-state index in [-0.39, 0.29) is 31.7 Å². The molecule has 0 aliphatic carbocycles. The molecule has 4 aromatic rings. The van der Waals surface area contributed by atoms with E-state index in [9.17, 15) is 54.0 Å². The molecule has 0 fully saturated rings. The van der Waals surface area contributed by atoms with Gasteiger partial charge in [-0.2, -0.15) is 0 Å². The molecule has 4 rings (SSSR count). The maximum Gasteiger partial charge on any atom is 0.284 e. The van der Waals surface area contributed by atoms with E-state index in [1.807, 2.05) is 21.1 Å². The first-order valence-electron chi connectivity index (χ1n) is 15.8. The average molecular weight is 845 g/mol. The van der Waals surface area contributed by atoms with E-state index in [2.05, 4.69) is 20.9 Å². The van der Waals surface area contributed by atoms with Crippen LogP contribution < -0.4 is 46.7 Å². The number of hydrazine groups is 3. The first-order chi connectivity index (χ1) is 26.6. The average Bonchev–Trinajstić information content (AvgIpc) is 3.15. The Balaban J connectivity index is 1.57. The van der Waals surface area contributed by atoms with Gasteiger partial charge in [0.15, 0.2) is 0 Å². The quantitative estimate of drug-likeness (QED) is 0.0703. The van der Waals surface area contributed by atoms with Crippen molar-refractivity contribution in [3.63, 3.8) is 0 Å². The first-order valence-corrected chi connectivity index (χ1v) is 20.2. The minimum absolute atomic E-state index is 0.278. The van der Waals surface area contributed by atoms with Crippen LogP contribution in [0.2, 0.25) is 0 Å². The fourth-order valence-corrected chi connectivity index (χ4v) is 6.89. The van der Waals surface area contributed by atoms with Crippen LogP contribution in [0.1, 0.15) is 52.1 Å². The lowest BCUT2D eigenvalue weighted by atomic mass is 10.1. The second-order valence-corrected chi connectivity index (χ2v) is 16.5. The molecule has 300 valence electrons. The van der Waals surface area contributed by atoms with Crippen LogP contribution in [-0.2, 0) is 44.5 Å². The number of sulfonamides is 3. The van der Waals surface area contributed by atoms with Crippen molar-refractivity contribution >= 4 is 82.6 Å². The maximum absolute atomic E-state index is 13.2. The van der Waals surface area contributed by atoms with E-state index in [1.165, 1.54) is 57.2 Å². The van der Waals surface area contributed by atoms with Crippen molar-refractivity contribution in [2.24, 2.45) is 0 Å². The number of amides is 6. The molecule has 1 aromatic heterocycles. The summed E-state index contributed by atoms with van der Waals surface area (Å²) in [5.74, 6) is -5.17. The number of hydrogen-bond acceptors (Lipinski definition) is 13. The SMILES string of the molecule is CC(=O)Nc1ccc(S(=O)(=O)NNC(=O)c2cc(C(=O)NNS(=O)(=O)c3ccc(NC(C)=O)cc3)nc(C(=O)NNS(=O)(=O)c3ccc(NC(C)=O)cc3)c2)cc1. The van der Waals surface area contributed by atoms with Crippen molar-refractivity contribution in [3.8, 4) is 0 Å². The summed E-state index contributed by atoms with van der Waals surface area (Å²) in [5.41, 5.74) is 4.27. The highest BCUT2D eigenvalue weighted by molar-refractivity contribution is 7.90. The van der Waals surface area contributed by atoms with E-state index in [0.717, 1.165) is 48.5 Å². The highest BCUT2D eigenvalue weighted by Crippen LogP contribution is 2.17. The smallest absolute Gasteiger partial charge is 0.284 e. The van der Waals surface area contributed by atoms with Gasteiger partial charge in [-0.15, -0.1) is 14.5 Å². The van der Waals surface area contributed by atoms with Crippen molar-refractivity contribution in [2.45, 2.75) is 35.5 Å². The van der Waals surface area contributed by atoms with Gasteiger partial charge in [-0.1, -0.05) is 0 Å². The Hall–Kier alpha value is -6.64. The van der Waals surface area contributed by atoms with Crippen LogP contribution in [0.25, 0.3) is 0 Å². The summed E-state index contributed by atoms with van der Waals surface area (Å²) in [6, 6.07) is 15.9. The minimum atomic E-state index is -4.46. The fraction of sp³-hybridized carbons (Fsp3) is 0.0938. The summed E-state index contributed by atoms with van der Waals surface area (Å²) < 4.78 is 77.1. The van der Waals surface area contributed by atoms with E-state index in [1.54, 1.807) is 9.66 Å².